The van der Waals surface area contributed by atoms with Crippen LogP contribution in [0.2, 0.25) is 0 Å². The third-order valence-electron chi connectivity index (χ3n) is 4.33. The third-order valence-corrected chi connectivity index (χ3v) is 4.33. The lowest BCUT2D eigenvalue weighted by molar-refractivity contribution is -0.274. The summed E-state index contributed by atoms with van der Waals surface area (Å²) >= 11 is 0. The minimum atomic E-state index is -4.85. The molecule has 3 rings (SSSR count). The van der Waals surface area contributed by atoms with E-state index in [0.29, 0.717) is 18.2 Å². The van der Waals surface area contributed by atoms with E-state index in [1.165, 1.54) is 18.2 Å². The summed E-state index contributed by atoms with van der Waals surface area (Å²) in [5, 5.41) is 8.04. The van der Waals surface area contributed by atoms with Crippen LogP contribution in [0, 0.1) is 6.92 Å². The molecule has 1 aliphatic rings. The molecule has 30 heavy (non-hydrogen) atoms. The summed E-state index contributed by atoms with van der Waals surface area (Å²) in [6, 6.07) is 6.54. The zero-order valence-corrected chi connectivity index (χ0v) is 16.4. The summed E-state index contributed by atoms with van der Waals surface area (Å²) in [7, 11) is 0. The van der Waals surface area contributed by atoms with Gasteiger partial charge < -0.3 is 25.6 Å². The molecule has 3 N–H and O–H groups in total. The van der Waals surface area contributed by atoms with Crippen molar-refractivity contribution < 1.29 is 22.7 Å². The van der Waals surface area contributed by atoms with Gasteiger partial charge >= 0.3 is 12.4 Å². The monoisotopic (exact) mass is 424 g/mol. The Morgan fingerprint density at radius 1 is 1.17 bits per heavy atom. The number of urea groups is 1. The molecule has 0 unspecified atom stereocenters. The van der Waals surface area contributed by atoms with E-state index < -0.39 is 18.1 Å². The van der Waals surface area contributed by atoms with Gasteiger partial charge in [0.15, 0.2) is 5.75 Å². The molecule has 8 nitrogen and oxygen atoms in total. The highest BCUT2D eigenvalue weighted by Gasteiger charge is 2.32. The van der Waals surface area contributed by atoms with Gasteiger partial charge in [0.05, 0.1) is 5.69 Å². The van der Waals surface area contributed by atoms with Gasteiger partial charge in [-0.25, -0.2) is 14.8 Å². The van der Waals surface area contributed by atoms with E-state index in [2.05, 4.69) is 35.6 Å². The average Bonchev–Trinajstić information content (AvgIpc) is 3.20. The van der Waals surface area contributed by atoms with Crippen LogP contribution >= 0.6 is 0 Å². The number of hydrogen-bond acceptors (Lipinski definition) is 6. The van der Waals surface area contributed by atoms with Crippen LogP contribution in [0.3, 0.4) is 0 Å². The molecule has 11 heteroatoms. The Morgan fingerprint density at radius 2 is 1.90 bits per heavy atom. The molecule has 1 fully saturated rings. The highest BCUT2D eigenvalue weighted by molar-refractivity contribution is 5.90. The lowest BCUT2D eigenvalue weighted by Gasteiger charge is -2.18. The second-order valence-electron chi connectivity index (χ2n) is 6.70. The normalized spacial score (nSPS) is 13.8. The molecule has 2 aromatic rings. The van der Waals surface area contributed by atoms with Crippen molar-refractivity contribution in [1.29, 1.82) is 0 Å². The van der Waals surface area contributed by atoms with Crippen molar-refractivity contribution in [2.45, 2.75) is 26.1 Å². The third kappa shape index (κ3) is 6.39. The highest BCUT2D eigenvalue weighted by atomic mass is 19.4. The van der Waals surface area contributed by atoms with E-state index in [4.69, 9.17) is 0 Å². The molecule has 1 aliphatic heterocycles. The van der Waals surface area contributed by atoms with E-state index in [9.17, 15) is 18.0 Å². The minimum Gasteiger partial charge on any atom is -0.404 e. The summed E-state index contributed by atoms with van der Waals surface area (Å²) < 4.78 is 41.3. The maximum Gasteiger partial charge on any atom is 0.573 e. The Bertz CT molecular complexity index is 872. The summed E-state index contributed by atoms with van der Waals surface area (Å²) in [4.78, 5) is 23.0. The van der Waals surface area contributed by atoms with Gasteiger partial charge in [-0.15, -0.1) is 13.2 Å². The molecule has 0 spiro atoms. The van der Waals surface area contributed by atoms with E-state index >= 15 is 0 Å². The maximum atomic E-state index is 12.5. The van der Waals surface area contributed by atoms with Crippen molar-refractivity contribution >= 4 is 23.4 Å². The van der Waals surface area contributed by atoms with Crippen molar-refractivity contribution in [2.24, 2.45) is 0 Å². The summed E-state index contributed by atoms with van der Waals surface area (Å²) in [6.07, 6.45) is -2.56. The number of rotatable bonds is 7. The molecule has 1 aromatic carbocycles. The fourth-order valence-corrected chi connectivity index (χ4v) is 3.07. The van der Waals surface area contributed by atoms with Gasteiger partial charge in [0, 0.05) is 32.2 Å². The van der Waals surface area contributed by atoms with E-state index in [-0.39, 0.29) is 12.2 Å². The van der Waals surface area contributed by atoms with Gasteiger partial charge in [0.2, 0.25) is 0 Å². The number of halogens is 3. The van der Waals surface area contributed by atoms with Crippen LogP contribution in [0.1, 0.15) is 18.7 Å². The number of carbonyl (C=O) groups is 1. The van der Waals surface area contributed by atoms with Crippen molar-refractivity contribution in [3.05, 3.63) is 36.2 Å². The molecular formula is C19H23F3N6O2. The molecule has 0 radical (unpaired) electrons. The van der Waals surface area contributed by atoms with Gasteiger partial charge in [-0.2, -0.15) is 0 Å². The number of anilines is 3. The van der Waals surface area contributed by atoms with Gasteiger partial charge in [0.1, 0.15) is 17.5 Å². The molecule has 0 bridgehead atoms. The molecule has 2 heterocycles. The Kier molecular flexibility index (Phi) is 6.80. The largest absolute Gasteiger partial charge is 0.573 e. The maximum absolute atomic E-state index is 12.5. The Labute approximate surface area is 171 Å². The van der Waals surface area contributed by atoms with Crippen LogP contribution in [-0.2, 0) is 0 Å². The molecule has 1 saturated heterocycles. The van der Waals surface area contributed by atoms with Crippen LogP contribution in [0.4, 0.5) is 35.3 Å². The van der Waals surface area contributed by atoms with Crippen molar-refractivity contribution in [1.82, 2.24) is 15.3 Å². The number of benzene rings is 1. The number of alkyl halides is 3. The average molecular weight is 424 g/mol. The van der Waals surface area contributed by atoms with Crippen molar-refractivity contribution in [3.63, 3.8) is 0 Å². The van der Waals surface area contributed by atoms with Gasteiger partial charge in [-0.1, -0.05) is 12.1 Å². The molecule has 0 atom stereocenters. The number of ether oxygens (including phenoxy) is 1. The summed E-state index contributed by atoms with van der Waals surface area (Å²) in [5.41, 5.74) is -0.0815. The Balaban J connectivity index is 1.48. The van der Waals surface area contributed by atoms with E-state index in [0.717, 1.165) is 37.8 Å². The van der Waals surface area contributed by atoms with Crippen LogP contribution < -0.4 is 25.6 Å². The predicted octanol–water partition coefficient (Wildman–Crippen LogP) is 3.52. The van der Waals surface area contributed by atoms with Crippen LogP contribution in [0.25, 0.3) is 0 Å². The standard InChI is InChI=1S/C19H23F3N6O2/c1-13-25-16(12-17(26-13)28-10-4-5-11-28)23-8-9-24-18(29)27-14-6-2-3-7-15(14)30-19(20,21)22/h2-3,6-7,12H,4-5,8-11H2,1H3,(H,23,25,26)(H2,24,27,29). The smallest absolute Gasteiger partial charge is 0.404 e. The first-order chi connectivity index (χ1) is 14.3. The number of amides is 2. The van der Waals surface area contributed by atoms with Gasteiger partial charge in [-0.3, -0.25) is 0 Å². The Morgan fingerprint density at radius 3 is 2.63 bits per heavy atom. The molecule has 162 valence electrons. The fraction of sp³-hybridized carbons (Fsp3) is 0.421. The number of aromatic nitrogens is 2. The zero-order chi connectivity index (χ0) is 21.6. The lowest BCUT2D eigenvalue weighted by Crippen LogP contribution is -2.33. The molecule has 0 saturated carbocycles. The molecular weight excluding hydrogens is 401 g/mol. The number of nitrogens with zero attached hydrogens (tertiary/aromatic N) is 3. The summed E-state index contributed by atoms with van der Waals surface area (Å²) in [5.74, 6) is 1.68. The number of aryl methyl sites for hydroxylation is 1. The highest BCUT2D eigenvalue weighted by Crippen LogP contribution is 2.29. The van der Waals surface area contributed by atoms with Gasteiger partial charge in [-0.05, 0) is 31.9 Å². The number of carbonyl (C=O) groups excluding carboxylic acids is 1. The van der Waals surface area contributed by atoms with E-state index in [1.807, 2.05) is 13.0 Å². The molecule has 0 aliphatic carbocycles. The van der Waals surface area contributed by atoms with Gasteiger partial charge in [0.25, 0.3) is 0 Å². The first-order valence-electron chi connectivity index (χ1n) is 9.54. The minimum absolute atomic E-state index is 0.0815. The predicted molar refractivity (Wildman–Crippen MR) is 107 cm³/mol. The van der Waals surface area contributed by atoms with Crippen molar-refractivity contribution in [3.8, 4) is 5.75 Å². The van der Waals surface area contributed by atoms with E-state index in [1.54, 1.807) is 0 Å². The molecule has 1 aromatic heterocycles. The lowest BCUT2D eigenvalue weighted by atomic mass is 10.3. The first-order valence-corrected chi connectivity index (χ1v) is 9.54. The number of para-hydroxylation sites is 2. The quantitative estimate of drug-likeness (QED) is 0.589. The zero-order valence-electron chi connectivity index (χ0n) is 16.4. The molecule has 2 amide bonds. The second kappa shape index (κ2) is 9.51. The number of nitrogens with one attached hydrogen (secondary N) is 3. The first kappa shape index (κ1) is 21.5. The van der Waals surface area contributed by atoms with Crippen LogP contribution in [0.15, 0.2) is 30.3 Å². The van der Waals surface area contributed by atoms with Crippen LogP contribution in [-0.4, -0.2) is 48.5 Å². The topological polar surface area (TPSA) is 91.4 Å². The summed E-state index contributed by atoms with van der Waals surface area (Å²) in [6.45, 7) is 4.37. The fourth-order valence-electron chi connectivity index (χ4n) is 3.07. The SMILES string of the molecule is Cc1nc(NCCNC(=O)Nc2ccccc2OC(F)(F)F)cc(N2CCCC2)n1. The van der Waals surface area contributed by atoms with Crippen molar-refractivity contribution in [2.75, 3.05) is 41.7 Å². The number of hydrogen-bond donors (Lipinski definition) is 3. The second-order valence-corrected chi connectivity index (χ2v) is 6.70. The Hall–Kier alpha value is -3.24. The van der Waals surface area contributed by atoms with Crippen LogP contribution in [0.5, 0.6) is 5.75 Å².